The molecule has 0 aliphatic rings. The van der Waals surface area contributed by atoms with Crippen molar-refractivity contribution in [3.63, 3.8) is 0 Å². The summed E-state index contributed by atoms with van der Waals surface area (Å²) >= 11 is 0. The van der Waals surface area contributed by atoms with Gasteiger partial charge in [-0.15, -0.1) is 0 Å². The summed E-state index contributed by atoms with van der Waals surface area (Å²) in [5.41, 5.74) is 13.0. The van der Waals surface area contributed by atoms with Crippen LogP contribution in [-0.2, 0) is 4.79 Å². The van der Waals surface area contributed by atoms with Crippen LogP contribution in [0.25, 0.3) is 10.4 Å². The maximum absolute atomic E-state index is 10.6. The summed E-state index contributed by atoms with van der Waals surface area (Å²) in [6, 6.07) is 0. The number of primary amides is 1. The van der Waals surface area contributed by atoms with Gasteiger partial charge in [0.15, 0.2) is 0 Å². The number of nitrogens with two attached hydrogens (primary N) is 1. The van der Waals surface area contributed by atoms with E-state index in [1.807, 2.05) is 0 Å². The minimum Gasteiger partial charge on any atom is -0.369 e. The average molecular weight is 170 g/mol. The zero-order valence-corrected chi connectivity index (χ0v) is 7.23. The van der Waals surface area contributed by atoms with Crippen molar-refractivity contribution in [1.82, 2.24) is 0 Å². The Morgan fingerprint density at radius 3 is 2.83 bits per heavy atom. The van der Waals surface area contributed by atoms with Gasteiger partial charge < -0.3 is 5.73 Å². The second-order valence-electron chi connectivity index (χ2n) is 2.75. The first-order valence-electron chi connectivity index (χ1n) is 3.98. The van der Waals surface area contributed by atoms with Crippen molar-refractivity contribution in [2.24, 2.45) is 16.8 Å². The highest BCUT2D eigenvalue weighted by Crippen LogP contribution is 2.06. The first-order chi connectivity index (χ1) is 5.68. The van der Waals surface area contributed by atoms with Crippen LogP contribution in [0.5, 0.6) is 0 Å². The fourth-order valence-electron chi connectivity index (χ4n) is 0.820. The normalized spacial score (nSPS) is 11.8. The number of rotatable bonds is 6. The first-order valence-corrected chi connectivity index (χ1v) is 3.98. The van der Waals surface area contributed by atoms with E-state index < -0.39 is 0 Å². The van der Waals surface area contributed by atoms with Crippen LogP contribution in [0.2, 0.25) is 0 Å². The van der Waals surface area contributed by atoms with Crippen LogP contribution >= 0.6 is 0 Å². The Morgan fingerprint density at radius 1 is 1.67 bits per heavy atom. The summed E-state index contributed by atoms with van der Waals surface area (Å²) in [6.07, 6.45) is 2.47. The van der Waals surface area contributed by atoms with Crippen molar-refractivity contribution in [3.8, 4) is 0 Å². The van der Waals surface area contributed by atoms with Crippen LogP contribution in [0.15, 0.2) is 5.11 Å². The van der Waals surface area contributed by atoms with E-state index in [-0.39, 0.29) is 11.8 Å². The number of nitrogens with zero attached hydrogens (tertiary/aromatic N) is 3. The summed E-state index contributed by atoms with van der Waals surface area (Å²) in [5, 5.41) is 3.38. The fourth-order valence-corrected chi connectivity index (χ4v) is 0.820. The zero-order chi connectivity index (χ0) is 9.40. The zero-order valence-electron chi connectivity index (χ0n) is 7.23. The van der Waals surface area contributed by atoms with Crippen LogP contribution < -0.4 is 5.73 Å². The van der Waals surface area contributed by atoms with Gasteiger partial charge in [-0.25, -0.2) is 0 Å². The number of hydrogen-bond donors (Lipinski definition) is 1. The monoisotopic (exact) mass is 170 g/mol. The highest BCUT2D eigenvalue weighted by Gasteiger charge is 2.06. The molecule has 1 amide bonds. The van der Waals surface area contributed by atoms with Crippen molar-refractivity contribution in [1.29, 1.82) is 0 Å². The smallest absolute Gasteiger partial charge is 0.220 e. The van der Waals surface area contributed by atoms with Gasteiger partial charge in [0, 0.05) is 17.4 Å². The van der Waals surface area contributed by atoms with Crippen LogP contribution in [-0.4, -0.2) is 12.5 Å². The van der Waals surface area contributed by atoms with Gasteiger partial charge in [0.05, 0.1) is 0 Å². The van der Waals surface area contributed by atoms with Crippen molar-refractivity contribution in [3.05, 3.63) is 10.4 Å². The molecule has 2 N–H and O–H groups in total. The number of amides is 1. The molecule has 0 bridgehead atoms. The predicted octanol–water partition coefficient (Wildman–Crippen LogP) is 1.59. The van der Waals surface area contributed by atoms with Crippen molar-refractivity contribution >= 4 is 5.91 Å². The molecule has 0 saturated heterocycles. The molecule has 5 nitrogen and oxygen atoms in total. The predicted molar refractivity (Wildman–Crippen MR) is 46.2 cm³/mol. The van der Waals surface area contributed by atoms with Gasteiger partial charge in [-0.1, -0.05) is 18.5 Å². The minimum absolute atomic E-state index is 0.0731. The van der Waals surface area contributed by atoms with E-state index >= 15 is 0 Å². The highest BCUT2D eigenvalue weighted by atomic mass is 16.1. The molecule has 68 valence electrons. The van der Waals surface area contributed by atoms with E-state index in [0.29, 0.717) is 6.54 Å². The summed E-state index contributed by atoms with van der Waals surface area (Å²) in [4.78, 5) is 13.2. The number of carbonyl (C=O) groups excluding carboxylic acids is 1. The van der Waals surface area contributed by atoms with Gasteiger partial charge in [-0.2, -0.15) is 0 Å². The van der Waals surface area contributed by atoms with Gasteiger partial charge in [-0.3, -0.25) is 4.79 Å². The molecular formula is C7H14N4O. The Bertz CT molecular complexity index is 186. The van der Waals surface area contributed by atoms with Crippen LogP contribution in [0.1, 0.15) is 26.2 Å². The van der Waals surface area contributed by atoms with Crippen molar-refractivity contribution in [2.45, 2.75) is 26.2 Å². The maximum Gasteiger partial charge on any atom is 0.220 e. The van der Waals surface area contributed by atoms with Gasteiger partial charge in [0.2, 0.25) is 5.91 Å². The Kier molecular flexibility index (Phi) is 5.83. The topological polar surface area (TPSA) is 91.8 Å². The molecule has 0 radical (unpaired) electrons. The van der Waals surface area contributed by atoms with E-state index in [2.05, 4.69) is 10.0 Å². The molecule has 0 aromatic carbocycles. The number of unbranched alkanes of at least 4 members (excludes halogenated alkanes) is 1. The van der Waals surface area contributed by atoms with Crippen LogP contribution in [0, 0.1) is 5.92 Å². The van der Waals surface area contributed by atoms with Gasteiger partial charge in [0.25, 0.3) is 0 Å². The molecule has 0 heterocycles. The Hall–Kier alpha value is -1.22. The summed E-state index contributed by atoms with van der Waals surface area (Å²) in [6.45, 7) is 2.30. The van der Waals surface area contributed by atoms with E-state index in [4.69, 9.17) is 11.3 Å². The molecule has 0 rings (SSSR count). The highest BCUT2D eigenvalue weighted by molar-refractivity contribution is 5.76. The lowest BCUT2D eigenvalue weighted by molar-refractivity contribution is -0.121. The number of hydrogen-bond acceptors (Lipinski definition) is 2. The third-order valence-electron chi connectivity index (χ3n) is 1.69. The van der Waals surface area contributed by atoms with E-state index in [9.17, 15) is 4.79 Å². The summed E-state index contributed by atoms with van der Waals surface area (Å²) < 4.78 is 0. The molecule has 0 saturated carbocycles. The van der Waals surface area contributed by atoms with E-state index in [0.717, 1.165) is 19.3 Å². The Morgan fingerprint density at radius 2 is 2.33 bits per heavy atom. The molecule has 0 aromatic rings. The third kappa shape index (κ3) is 5.56. The maximum atomic E-state index is 10.6. The number of azide groups is 1. The van der Waals surface area contributed by atoms with E-state index in [1.165, 1.54) is 0 Å². The summed E-state index contributed by atoms with van der Waals surface area (Å²) in [5.74, 6) is -0.338. The Labute approximate surface area is 71.6 Å². The first kappa shape index (κ1) is 10.8. The average Bonchev–Trinajstić information content (AvgIpc) is 2.03. The molecular weight excluding hydrogens is 156 g/mol. The van der Waals surface area contributed by atoms with Crippen LogP contribution in [0.3, 0.4) is 0 Å². The second-order valence-corrected chi connectivity index (χ2v) is 2.75. The molecule has 0 aliphatic carbocycles. The van der Waals surface area contributed by atoms with Gasteiger partial charge >= 0.3 is 0 Å². The van der Waals surface area contributed by atoms with Gasteiger partial charge in [-0.05, 0) is 18.4 Å². The molecule has 1 unspecified atom stereocenters. The molecule has 0 aliphatic heterocycles. The standard InChI is InChI=1S/C7H14N4O/c1-6(7(8)12)4-2-3-5-10-11-9/h6H,2-5H2,1H3,(H2,8,12). The SMILES string of the molecule is CC(CCCCN=[N+]=[N-])C(N)=O. The quantitative estimate of drug-likeness (QED) is 0.279. The lowest BCUT2D eigenvalue weighted by Gasteiger charge is -2.04. The molecule has 0 fully saturated rings. The molecule has 1 atom stereocenters. The summed E-state index contributed by atoms with van der Waals surface area (Å²) in [7, 11) is 0. The molecule has 5 heteroatoms. The van der Waals surface area contributed by atoms with Gasteiger partial charge in [0.1, 0.15) is 0 Å². The second kappa shape index (κ2) is 6.49. The molecule has 0 spiro atoms. The van der Waals surface area contributed by atoms with Crippen LogP contribution in [0.4, 0.5) is 0 Å². The fraction of sp³-hybridized carbons (Fsp3) is 0.857. The lowest BCUT2D eigenvalue weighted by atomic mass is 10.0. The van der Waals surface area contributed by atoms with Crippen molar-refractivity contribution < 1.29 is 4.79 Å². The van der Waals surface area contributed by atoms with Crippen molar-refractivity contribution in [2.75, 3.05) is 6.54 Å². The number of carbonyl (C=O) groups is 1. The Balaban J connectivity index is 3.31. The molecule has 0 aromatic heterocycles. The largest absolute Gasteiger partial charge is 0.369 e. The third-order valence-corrected chi connectivity index (χ3v) is 1.69. The minimum atomic E-state index is -0.265. The molecule has 12 heavy (non-hydrogen) atoms. The van der Waals surface area contributed by atoms with E-state index in [1.54, 1.807) is 6.92 Å². The lowest BCUT2D eigenvalue weighted by Crippen LogP contribution is -2.20.